The summed E-state index contributed by atoms with van der Waals surface area (Å²) in [6.45, 7) is 1.95. The average molecular weight is 413 g/mol. The molecule has 2 aromatic heterocycles. The normalized spacial score (nSPS) is 13.9. The van der Waals surface area contributed by atoms with E-state index in [0.29, 0.717) is 48.6 Å². The topological polar surface area (TPSA) is 95.7 Å². The molecule has 8 nitrogen and oxygen atoms in total. The maximum Gasteiger partial charge on any atom is 0.266 e. The number of hydrogen-bond donors (Lipinski definition) is 0. The quantitative estimate of drug-likeness (QED) is 0.634. The van der Waals surface area contributed by atoms with Gasteiger partial charge in [-0.1, -0.05) is 17.7 Å². The lowest BCUT2D eigenvalue weighted by Gasteiger charge is -2.34. The molecular formula is C20H17ClN4O4. The van der Waals surface area contributed by atoms with Crippen LogP contribution in [0.15, 0.2) is 51.5 Å². The fourth-order valence-corrected chi connectivity index (χ4v) is 3.24. The summed E-state index contributed by atoms with van der Waals surface area (Å²) in [6, 6.07) is 12.4. The van der Waals surface area contributed by atoms with Gasteiger partial charge >= 0.3 is 0 Å². The van der Waals surface area contributed by atoms with Gasteiger partial charge in [-0.3, -0.25) is 4.79 Å². The minimum absolute atomic E-state index is 0.0608. The van der Waals surface area contributed by atoms with E-state index in [1.807, 2.05) is 4.90 Å². The van der Waals surface area contributed by atoms with Crippen LogP contribution in [-0.4, -0.2) is 48.6 Å². The fraction of sp³-hybridized carbons (Fsp3) is 0.250. The maximum absolute atomic E-state index is 12.4. The van der Waals surface area contributed by atoms with E-state index in [-0.39, 0.29) is 24.1 Å². The number of oxazole rings is 1. The first-order chi connectivity index (χ1) is 14.1. The number of furan rings is 1. The molecule has 9 heteroatoms. The highest BCUT2D eigenvalue weighted by molar-refractivity contribution is 6.30. The SMILES string of the molecule is N#Cc1nc(-c2ccco2)oc1N1CCN(C(=O)COc2cccc(Cl)c2)CC1. The van der Waals surface area contributed by atoms with Crippen LogP contribution in [0.5, 0.6) is 5.75 Å². The number of halogens is 1. The molecule has 3 heterocycles. The summed E-state index contributed by atoms with van der Waals surface area (Å²) in [4.78, 5) is 20.2. The van der Waals surface area contributed by atoms with Crippen molar-refractivity contribution >= 4 is 23.4 Å². The second-order valence-corrected chi connectivity index (χ2v) is 6.81. The van der Waals surface area contributed by atoms with Crippen LogP contribution in [0, 0.1) is 11.3 Å². The Balaban J connectivity index is 1.36. The van der Waals surface area contributed by atoms with Crippen LogP contribution in [0.4, 0.5) is 5.88 Å². The van der Waals surface area contributed by atoms with Crippen LogP contribution in [0.1, 0.15) is 5.69 Å². The van der Waals surface area contributed by atoms with E-state index in [0.717, 1.165) is 0 Å². The highest BCUT2D eigenvalue weighted by Gasteiger charge is 2.27. The summed E-state index contributed by atoms with van der Waals surface area (Å²) in [5.74, 6) is 1.55. The zero-order valence-electron chi connectivity index (χ0n) is 15.4. The molecule has 29 heavy (non-hydrogen) atoms. The third kappa shape index (κ3) is 4.20. The van der Waals surface area contributed by atoms with Crippen molar-refractivity contribution in [1.82, 2.24) is 9.88 Å². The number of anilines is 1. The van der Waals surface area contributed by atoms with Crippen molar-refractivity contribution in [3.05, 3.63) is 53.4 Å². The molecule has 0 saturated carbocycles. The van der Waals surface area contributed by atoms with Crippen LogP contribution in [0.2, 0.25) is 5.02 Å². The van der Waals surface area contributed by atoms with Gasteiger partial charge in [0.2, 0.25) is 11.6 Å². The number of piperazine rings is 1. The Kier molecular flexibility index (Phi) is 5.40. The zero-order chi connectivity index (χ0) is 20.2. The number of aromatic nitrogens is 1. The number of carbonyl (C=O) groups excluding carboxylic acids is 1. The molecule has 4 rings (SSSR count). The summed E-state index contributed by atoms with van der Waals surface area (Å²) in [5, 5.41) is 9.93. The first-order valence-corrected chi connectivity index (χ1v) is 9.38. The lowest BCUT2D eigenvalue weighted by molar-refractivity contribution is -0.133. The standard InChI is InChI=1S/C20H17ClN4O4/c21-14-3-1-4-15(11-14)28-13-18(26)24-6-8-25(9-7-24)20-16(12-22)23-19(29-20)17-5-2-10-27-17/h1-5,10-11H,6-9,13H2. The molecule has 1 amide bonds. The lowest BCUT2D eigenvalue weighted by Crippen LogP contribution is -2.50. The van der Waals surface area contributed by atoms with Crippen LogP contribution >= 0.6 is 11.6 Å². The van der Waals surface area contributed by atoms with Crippen LogP contribution in [0.3, 0.4) is 0 Å². The van der Waals surface area contributed by atoms with Gasteiger partial charge in [0, 0.05) is 31.2 Å². The Morgan fingerprint density at radius 1 is 1.24 bits per heavy atom. The minimum Gasteiger partial charge on any atom is -0.484 e. The molecule has 1 aliphatic heterocycles. The maximum atomic E-state index is 12.4. The molecule has 1 aliphatic rings. The molecule has 3 aromatic rings. The zero-order valence-corrected chi connectivity index (χ0v) is 16.1. The van der Waals surface area contributed by atoms with E-state index in [4.69, 9.17) is 25.2 Å². The Morgan fingerprint density at radius 2 is 2.07 bits per heavy atom. The summed E-state index contributed by atoms with van der Waals surface area (Å²) in [5.41, 5.74) is 0.195. The van der Waals surface area contributed by atoms with Gasteiger partial charge in [0.25, 0.3) is 11.8 Å². The van der Waals surface area contributed by atoms with Crippen molar-refractivity contribution in [3.8, 4) is 23.5 Å². The van der Waals surface area contributed by atoms with Crippen molar-refractivity contribution in [2.45, 2.75) is 0 Å². The number of benzene rings is 1. The van der Waals surface area contributed by atoms with E-state index in [1.165, 1.54) is 6.26 Å². The largest absolute Gasteiger partial charge is 0.484 e. The monoisotopic (exact) mass is 412 g/mol. The Labute approximate surface area is 171 Å². The van der Waals surface area contributed by atoms with Crippen molar-refractivity contribution in [2.75, 3.05) is 37.7 Å². The molecule has 1 saturated heterocycles. The molecule has 0 N–H and O–H groups in total. The Bertz CT molecular complexity index is 1030. The molecule has 0 aliphatic carbocycles. The van der Waals surface area contributed by atoms with Crippen LogP contribution < -0.4 is 9.64 Å². The number of nitriles is 1. The van der Waals surface area contributed by atoms with Gasteiger partial charge in [0.15, 0.2) is 12.4 Å². The van der Waals surface area contributed by atoms with E-state index in [1.54, 1.807) is 41.3 Å². The Morgan fingerprint density at radius 3 is 2.76 bits per heavy atom. The number of hydrogen-bond acceptors (Lipinski definition) is 7. The smallest absolute Gasteiger partial charge is 0.266 e. The molecule has 0 radical (unpaired) electrons. The van der Waals surface area contributed by atoms with E-state index in [2.05, 4.69) is 11.1 Å². The van der Waals surface area contributed by atoms with Gasteiger partial charge in [0.05, 0.1) is 6.26 Å². The minimum atomic E-state index is -0.112. The summed E-state index contributed by atoms with van der Waals surface area (Å²) in [6.07, 6.45) is 1.51. The molecule has 1 aromatic carbocycles. The second kappa shape index (κ2) is 8.29. The third-order valence-corrected chi connectivity index (χ3v) is 4.76. The second-order valence-electron chi connectivity index (χ2n) is 6.38. The van der Waals surface area contributed by atoms with Gasteiger partial charge < -0.3 is 23.4 Å². The molecule has 1 fully saturated rings. The van der Waals surface area contributed by atoms with Gasteiger partial charge in [-0.05, 0) is 30.3 Å². The van der Waals surface area contributed by atoms with Gasteiger partial charge in [-0.2, -0.15) is 10.2 Å². The third-order valence-electron chi connectivity index (χ3n) is 4.53. The van der Waals surface area contributed by atoms with E-state index >= 15 is 0 Å². The summed E-state index contributed by atoms with van der Waals surface area (Å²) < 4.78 is 16.6. The average Bonchev–Trinajstić information content (AvgIpc) is 3.42. The highest BCUT2D eigenvalue weighted by atomic mass is 35.5. The number of amides is 1. The van der Waals surface area contributed by atoms with Gasteiger partial charge in [-0.15, -0.1) is 0 Å². The first-order valence-electron chi connectivity index (χ1n) is 9.00. The predicted octanol–water partition coefficient (Wildman–Crippen LogP) is 3.19. The first kappa shape index (κ1) is 18.9. The molecule has 0 spiro atoms. The van der Waals surface area contributed by atoms with Crippen molar-refractivity contribution < 1.29 is 18.4 Å². The fourth-order valence-electron chi connectivity index (χ4n) is 3.06. The van der Waals surface area contributed by atoms with Crippen LogP contribution in [0.25, 0.3) is 11.7 Å². The van der Waals surface area contributed by atoms with Crippen LogP contribution in [-0.2, 0) is 4.79 Å². The number of carbonyl (C=O) groups is 1. The molecule has 0 bridgehead atoms. The molecule has 148 valence electrons. The summed E-state index contributed by atoms with van der Waals surface area (Å²) in [7, 11) is 0. The molecular weight excluding hydrogens is 396 g/mol. The molecule has 0 unspecified atom stereocenters. The number of ether oxygens (including phenoxy) is 1. The van der Waals surface area contributed by atoms with E-state index < -0.39 is 0 Å². The Hall–Kier alpha value is -3.44. The summed E-state index contributed by atoms with van der Waals surface area (Å²) >= 11 is 5.92. The van der Waals surface area contributed by atoms with Gasteiger partial charge in [-0.25, -0.2) is 0 Å². The van der Waals surface area contributed by atoms with E-state index in [9.17, 15) is 10.1 Å². The van der Waals surface area contributed by atoms with Gasteiger partial charge in [0.1, 0.15) is 11.8 Å². The predicted molar refractivity (Wildman–Crippen MR) is 105 cm³/mol. The van der Waals surface area contributed by atoms with Crippen molar-refractivity contribution in [2.24, 2.45) is 0 Å². The van der Waals surface area contributed by atoms with Crippen molar-refractivity contribution in [3.63, 3.8) is 0 Å². The number of nitrogens with zero attached hydrogens (tertiary/aromatic N) is 4. The number of rotatable bonds is 5. The highest BCUT2D eigenvalue weighted by Crippen LogP contribution is 2.29. The molecule has 0 atom stereocenters. The lowest BCUT2D eigenvalue weighted by atomic mass is 10.3. The van der Waals surface area contributed by atoms with Crippen molar-refractivity contribution in [1.29, 1.82) is 5.26 Å².